The summed E-state index contributed by atoms with van der Waals surface area (Å²) in [4.78, 5) is 0. The molecule has 0 saturated carbocycles. The van der Waals surface area contributed by atoms with Crippen LogP contribution >= 0.6 is 0 Å². The molecule has 0 saturated heterocycles. The van der Waals surface area contributed by atoms with Gasteiger partial charge in [-0.15, -0.1) is 0 Å². The first kappa shape index (κ1) is 17.4. The van der Waals surface area contributed by atoms with Gasteiger partial charge in [-0.3, -0.25) is 0 Å². The zero-order chi connectivity index (χ0) is 13.0. The minimum atomic E-state index is -2.89. The third-order valence-electron chi connectivity index (χ3n) is 2.59. The number of hydrogen-bond donors (Lipinski definition) is 0. The summed E-state index contributed by atoms with van der Waals surface area (Å²) in [5, 5.41) is 0. The van der Waals surface area contributed by atoms with E-state index in [9.17, 15) is 0 Å². The van der Waals surface area contributed by atoms with Crippen molar-refractivity contribution < 1.29 is 11.3 Å². The van der Waals surface area contributed by atoms with Crippen LogP contribution in [0.5, 0.6) is 0 Å². The fraction of sp³-hybridized carbons (Fsp3) is 1.00. The molecule has 0 aliphatic carbocycles. The van der Waals surface area contributed by atoms with Gasteiger partial charge in [0.15, 0.2) is 0 Å². The summed E-state index contributed by atoms with van der Waals surface area (Å²) >= 11 is -2.89. The first-order valence-electron chi connectivity index (χ1n) is 7.10. The molecule has 0 aromatic carbocycles. The van der Waals surface area contributed by atoms with Gasteiger partial charge >= 0.3 is 110 Å². The molecule has 0 N–H and O–H groups in total. The Morgan fingerprint density at radius 2 is 0.941 bits per heavy atom. The molecule has 0 unspecified atom stereocenters. The van der Waals surface area contributed by atoms with Crippen molar-refractivity contribution in [2.45, 2.75) is 65.1 Å². The molecule has 0 spiro atoms. The third-order valence-corrected chi connectivity index (χ3v) is 7.17. The van der Waals surface area contributed by atoms with E-state index in [-0.39, 0.29) is 0 Å². The monoisotopic (exact) mass is 308 g/mol. The Hall–Kier alpha value is 0.423. The van der Waals surface area contributed by atoms with Gasteiger partial charge in [0.1, 0.15) is 0 Å². The van der Waals surface area contributed by atoms with Crippen LogP contribution in [0.15, 0.2) is 0 Å². The van der Waals surface area contributed by atoms with E-state index in [1.807, 2.05) is 0 Å². The maximum absolute atomic E-state index is 5.91. The second-order valence-corrected chi connectivity index (χ2v) is 9.90. The molecular formula is C13H30GeO3. The Labute approximate surface area is 111 Å². The summed E-state index contributed by atoms with van der Waals surface area (Å²) in [5.41, 5.74) is 0. The van der Waals surface area contributed by atoms with Crippen molar-refractivity contribution in [1.82, 2.24) is 0 Å². The first-order chi connectivity index (χ1) is 8.18. The van der Waals surface area contributed by atoms with Gasteiger partial charge in [0.2, 0.25) is 0 Å². The summed E-state index contributed by atoms with van der Waals surface area (Å²) in [5.74, 6) is 2.07. The molecule has 0 aliphatic heterocycles. The van der Waals surface area contributed by atoms with Gasteiger partial charge in [-0.1, -0.05) is 0 Å². The van der Waals surface area contributed by atoms with E-state index in [1.165, 1.54) is 0 Å². The summed E-state index contributed by atoms with van der Waals surface area (Å²) in [7, 11) is 0. The van der Waals surface area contributed by atoms with Gasteiger partial charge in [0.05, 0.1) is 0 Å². The first-order valence-corrected chi connectivity index (χ1v) is 11.8. The van der Waals surface area contributed by atoms with Crippen molar-refractivity contribution in [3.05, 3.63) is 0 Å². The quantitative estimate of drug-likeness (QED) is 0.403. The molecular weight excluding hydrogens is 277 g/mol. The Morgan fingerprint density at radius 3 is 1.18 bits per heavy atom. The van der Waals surface area contributed by atoms with E-state index < -0.39 is 14.3 Å². The van der Waals surface area contributed by atoms with E-state index >= 15 is 0 Å². The van der Waals surface area contributed by atoms with Crippen molar-refractivity contribution in [3.8, 4) is 0 Å². The molecule has 0 aliphatic rings. The molecule has 17 heavy (non-hydrogen) atoms. The SMILES string of the molecule is CCCC[O][Ge]([CH3])([O]CCCC)[O]CCCC. The van der Waals surface area contributed by atoms with Crippen LogP contribution in [0.2, 0.25) is 5.76 Å². The maximum atomic E-state index is 5.91. The molecule has 0 aromatic heterocycles. The molecule has 3 nitrogen and oxygen atoms in total. The van der Waals surface area contributed by atoms with Gasteiger partial charge in [0.25, 0.3) is 0 Å². The second kappa shape index (κ2) is 11.5. The number of hydrogen-bond acceptors (Lipinski definition) is 3. The zero-order valence-corrected chi connectivity index (χ0v) is 14.2. The van der Waals surface area contributed by atoms with Gasteiger partial charge in [0, 0.05) is 0 Å². The summed E-state index contributed by atoms with van der Waals surface area (Å²) in [6.45, 7) is 8.86. The molecule has 0 heterocycles. The Kier molecular flexibility index (Phi) is 11.8. The van der Waals surface area contributed by atoms with Crippen molar-refractivity contribution in [1.29, 1.82) is 0 Å². The Balaban J connectivity index is 3.95. The fourth-order valence-corrected chi connectivity index (χ4v) is 5.10. The number of rotatable bonds is 12. The molecule has 0 bridgehead atoms. The van der Waals surface area contributed by atoms with Gasteiger partial charge < -0.3 is 0 Å². The topological polar surface area (TPSA) is 27.7 Å². The molecule has 0 rings (SSSR count). The number of unbranched alkanes of at least 4 members (excludes halogenated alkanes) is 3. The van der Waals surface area contributed by atoms with Crippen LogP contribution in [-0.2, 0) is 11.3 Å². The van der Waals surface area contributed by atoms with Gasteiger partial charge in [-0.25, -0.2) is 0 Å². The van der Waals surface area contributed by atoms with Crippen LogP contribution in [0.1, 0.15) is 59.3 Å². The van der Waals surface area contributed by atoms with E-state index in [0.717, 1.165) is 58.3 Å². The van der Waals surface area contributed by atoms with Crippen LogP contribution in [0.3, 0.4) is 0 Å². The molecule has 0 fully saturated rings. The van der Waals surface area contributed by atoms with Crippen LogP contribution in [0.25, 0.3) is 0 Å². The average Bonchev–Trinajstić information content (AvgIpc) is 2.30. The summed E-state index contributed by atoms with van der Waals surface area (Å²) in [6.07, 6.45) is 6.74. The molecule has 0 radical (unpaired) electrons. The van der Waals surface area contributed by atoms with E-state index in [0.29, 0.717) is 0 Å². The van der Waals surface area contributed by atoms with E-state index in [2.05, 4.69) is 26.5 Å². The summed E-state index contributed by atoms with van der Waals surface area (Å²) in [6, 6.07) is 0. The van der Waals surface area contributed by atoms with Crippen molar-refractivity contribution in [2.75, 3.05) is 19.8 Å². The standard InChI is InChI=1S/C13H30GeO3/c1-5-8-11-15-14(4,16-12-9-6-2)17-13-10-7-3/h5-13H2,1-4H3. The van der Waals surface area contributed by atoms with E-state index in [1.54, 1.807) is 0 Å². The molecule has 0 atom stereocenters. The predicted molar refractivity (Wildman–Crippen MR) is 74.2 cm³/mol. The molecule has 0 amide bonds. The van der Waals surface area contributed by atoms with Crippen molar-refractivity contribution in [2.24, 2.45) is 0 Å². The zero-order valence-electron chi connectivity index (χ0n) is 12.1. The Morgan fingerprint density at radius 1 is 0.647 bits per heavy atom. The third kappa shape index (κ3) is 10.1. The predicted octanol–water partition coefficient (Wildman–Crippen LogP) is 4.01. The molecule has 0 aromatic rings. The molecule has 4 heteroatoms. The van der Waals surface area contributed by atoms with Crippen molar-refractivity contribution >= 4 is 14.3 Å². The van der Waals surface area contributed by atoms with Gasteiger partial charge in [-0.2, -0.15) is 0 Å². The Bertz CT molecular complexity index is 138. The van der Waals surface area contributed by atoms with Crippen molar-refractivity contribution in [3.63, 3.8) is 0 Å². The summed E-state index contributed by atoms with van der Waals surface area (Å²) < 4.78 is 17.7. The van der Waals surface area contributed by atoms with Crippen LogP contribution in [-0.4, -0.2) is 34.1 Å². The van der Waals surface area contributed by atoms with Gasteiger partial charge in [-0.05, 0) is 0 Å². The normalized spacial score (nSPS) is 12.0. The fourth-order valence-electron chi connectivity index (χ4n) is 1.33. The van der Waals surface area contributed by atoms with Crippen LogP contribution < -0.4 is 0 Å². The molecule has 104 valence electrons. The van der Waals surface area contributed by atoms with E-state index in [4.69, 9.17) is 11.3 Å². The van der Waals surface area contributed by atoms with Crippen LogP contribution in [0, 0.1) is 0 Å². The second-order valence-electron chi connectivity index (χ2n) is 4.47. The van der Waals surface area contributed by atoms with Crippen LogP contribution in [0.4, 0.5) is 0 Å². The minimum absolute atomic E-state index is 0.783. The average molecular weight is 307 g/mol.